The van der Waals surface area contributed by atoms with Gasteiger partial charge in [-0.15, -0.1) is 0 Å². The highest BCUT2D eigenvalue weighted by Gasteiger charge is 2.24. The summed E-state index contributed by atoms with van der Waals surface area (Å²) in [4.78, 5) is 14.2. The molecule has 1 aliphatic heterocycles. The van der Waals surface area contributed by atoms with E-state index in [4.69, 9.17) is 9.47 Å². The molecule has 2 unspecified atom stereocenters. The van der Waals surface area contributed by atoms with Crippen molar-refractivity contribution in [1.82, 2.24) is 4.90 Å². The Kier molecular flexibility index (Phi) is 6.08. The van der Waals surface area contributed by atoms with E-state index in [1.807, 2.05) is 79.4 Å². The number of benzene rings is 2. The second-order valence-corrected chi connectivity index (χ2v) is 6.68. The van der Waals surface area contributed by atoms with Gasteiger partial charge in [0.1, 0.15) is 12.4 Å². The fraction of sp³-hybridized carbons (Fsp3) is 0.318. The average Bonchev–Trinajstić information content (AvgIpc) is 2.65. The fourth-order valence-corrected chi connectivity index (χ4v) is 3.05. The number of nitrogens with zero attached hydrogens (tertiary/aromatic N) is 1. The molecule has 136 valence electrons. The van der Waals surface area contributed by atoms with Gasteiger partial charge in [0.25, 0.3) is 0 Å². The number of carbonyl (C=O) groups is 1. The molecule has 2 atom stereocenters. The van der Waals surface area contributed by atoms with Crippen molar-refractivity contribution >= 4 is 12.0 Å². The number of carbonyl (C=O) groups excluding carboxylic acids is 1. The van der Waals surface area contributed by atoms with Crippen LogP contribution in [0.2, 0.25) is 0 Å². The van der Waals surface area contributed by atoms with Gasteiger partial charge in [-0.2, -0.15) is 0 Å². The Labute approximate surface area is 155 Å². The first-order chi connectivity index (χ1) is 12.6. The molecule has 1 saturated heterocycles. The predicted octanol–water partition coefficient (Wildman–Crippen LogP) is 3.91. The molecule has 0 aliphatic carbocycles. The maximum absolute atomic E-state index is 12.3. The fourth-order valence-electron chi connectivity index (χ4n) is 3.05. The van der Waals surface area contributed by atoms with Crippen molar-refractivity contribution in [3.63, 3.8) is 0 Å². The van der Waals surface area contributed by atoms with Crippen LogP contribution in [0.3, 0.4) is 0 Å². The van der Waals surface area contributed by atoms with E-state index in [0.29, 0.717) is 19.7 Å². The van der Waals surface area contributed by atoms with Gasteiger partial charge < -0.3 is 14.4 Å². The average molecular weight is 351 g/mol. The minimum absolute atomic E-state index is 0.0244. The topological polar surface area (TPSA) is 38.8 Å². The van der Waals surface area contributed by atoms with Crippen molar-refractivity contribution in [2.75, 3.05) is 13.1 Å². The van der Waals surface area contributed by atoms with Gasteiger partial charge in [-0.25, -0.2) is 0 Å². The zero-order valence-electron chi connectivity index (χ0n) is 15.3. The van der Waals surface area contributed by atoms with Crippen LogP contribution in [0.15, 0.2) is 60.7 Å². The van der Waals surface area contributed by atoms with Gasteiger partial charge in [0.05, 0.1) is 12.2 Å². The van der Waals surface area contributed by atoms with Crippen LogP contribution in [-0.4, -0.2) is 36.1 Å². The molecular weight excluding hydrogens is 326 g/mol. The minimum Gasteiger partial charge on any atom is -0.489 e. The Balaban J connectivity index is 1.53. The van der Waals surface area contributed by atoms with Crippen molar-refractivity contribution in [3.05, 3.63) is 71.8 Å². The van der Waals surface area contributed by atoms with Crippen LogP contribution < -0.4 is 4.74 Å². The summed E-state index contributed by atoms with van der Waals surface area (Å²) in [5.74, 6) is 0.838. The molecule has 2 aromatic rings. The van der Waals surface area contributed by atoms with E-state index in [0.717, 1.165) is 16.9 Å². The third kappa shape index (κ3) is 5.20. The van der Waals surface area contributed by atoms with Gasteiger partial charge in [0, 0.05) is 19.2 Å². The molecule has 4 nitrogen and oxygen atoms in total. The second kappa shape index (κ2) is 8.68. The van der Waals surface area contributed by atoms with Crippen molar-refractivity contribution in [2.24, 2.45) is 0 Å². The lowest BCUT2D eigenvalue weighted by Crippen LogP contribution is -2.47. The second-order valence-electron chi connectivity index (χ2n) is 6.68. The number of amides is 1. The molecular formula is C22H25NO3. The normalized spacial score (nSPS) is 20.3. The molecule has 0 aromatic heterocycles. The van der Waals surface area contributed by atoms with Gasteiger partial charge in [-0.05, 0) is 43.2 Å². The Hall–Kier alpha value is -2.59. The van der Waals surface area contributed by atoms with Crippen molar-refractivity contribution < 1.29 is 14.3 Å². The molecule has 0 bridgehead atoms. The minimum atomic E-state index is 0.0244. The summed E-state index contributed by atoms with van der Waals surface area (Å²) in [7, 11) is 0. The third-order valence-corrected chi connectivity index (χ3v) is 4.28. The van der Waals surface area contributed by atoms with Crippen molar-refractivity contribution in [3.8, 4) is 5.75 Å². The maximum Gasteiger partial charge on any atom is 0.246 e. The largest absolute Gasteiger partial charge is 0.489 e. The Morgan fingerprint density at radius 2 is 1.73 bits per heavy atom. The summed E-state index contributed by atoms with van der Waals surface area (Å²) in [6, 6.07) is 17.8. The summed E-state index contributed by atoms with van der Waals surface area (Å²) < 4.78 is 11.4. The molecule has 0 N–H and O–H groups in total. The Morgan fingerprint density at radius 3 is 2.38 bits per heavy atom. The first kappa shape index (κ1) is 18.2. The molecule has 4 heteroatoms. The van der Waals surface area contributed by atoms with Crippen molar-refractivity contribution in [2.45, 2.75) is 32.7 Å². The number of ether oxygens (including phenoxy) is 2. The number of rotatable bonds is 5. The first-order valence-electron chi connectivity index (χ1n) is 8.99. The molecule has 0 saturated carbocycles. The first-order valence-corrected chi connectivity index (χ1v) is 8.99. The molecule has 26 heavy (non-hydrogen) atoms. The molecule has 0 spiro atoms. The summed E-state index contributed by atoms with van der Waals surface area (Å²) in [5, 5.41) is 0. The van der Waals surface area contributed by atoms with E-state index >= 15 is 0 Å². The molecule has 2 aromatic carbocycles. The quantitative estimate of drug-likeness (QED) is 0.767. The summed E-state index contributed by atoms with van der Waals surface area (Å²) in [5.41, 5.74) is 2.11. The zero-order valence-corrected chi connectivity index (χ0v) is 15.3. The van der Waals surface area contributed by atoms with E-state index < -0.39 is 0 Å². The van der Waals surface area contributed by atoms with Gasteiger partial charge in [0.2, 0.25) is 5.91 Å². The maximum atomic E-state index is 12.3. The lowest BCUT2D eigenvalue weighted by atomic mass is 10.2. The van der Waals surface area contributed by atoms with E-state index in [-0.39, 0.29) is 18.1 Å². The van der Waals surface area contributed by atoms with Crippen LogP contribution in [0.5, 0.6) is 5.75 Å². The highest BCUT2D eigenvalue weighted by Crippen LogP contribution is 2.16. The van der Waals surface area contributed by atoms with Gasteiger partial charge >= 0.3 is 0 Å². The van der Waals surface area contributed by atoms with E-state index in [1.54, 1.807) is 6.08 Å². The van der Waals surface area contributed by atoms with Gasteiger partial charge in [-0.3, -0.25) is 4.79 Å². The van der Waals surface area contributed by atoms with Gasteiger partial charge in [0.15, 0.2) is 0 Å². The lowest BCUT2D eigenvalue weighted by Gasteiger charge is -2.34. The lowest BCUT2D eigenvalue weighted by molar-refractivity contribution is -0.137. The summed E-state index contributed by atoms with van der Waals surface area (Å²) in [6.45, 7) is 5.81. The van der Waals surface area contributed by atoms with E-state index in [2.05, 4.69) is 0 Å². The molecule has 3 rings (SSSR count). The van der Waals surface area contributed by atoms with Crippen LogP contribution in [0, 0.1) is 0 Å². The predicted molar refractivity (Wildman–Crippen MR) is 103 cm³/mol. The Morgan fingerprint density at radius 1 is 1.08 bits per heavy atom. The standard InChI is InChI=1S/C22H25NO3/c1-17-14-23(15-18(2)26-17)22(24)13-10-19-8-11-21(12-9-19)25-16-20-6-4-3-5-7-20/h3-13,17-18H,14-16H2,1-2H3/b13-10+. The monoisotopic (exact) mass is 351 g/mol. The van der Waals surface area contributed by atoms with E-state index in [9.17, 15) is 4.79 Å². The Bertz CT molecular complexity index is 730. The summed E-state index contributed by atoms with van der Waals surface area (Å²) in [6.07, 6.45) is 3.63. The summed E-state index contributed by atoms with van der Waals surface area (Å²) >= 11 is 0. The van der Waals surface area contributed by atoms with Crippen LogP contribution in [-0.2, 0) is 16.1 Å². The molecule has 0 radical (unpaired) electrons. The molecule has 1 amide bonds. The van der Waals surface area contributed by atoms with Crippen molar-refractivity contribution in [1.29, 1.82) is 0 Å². The zero-order chi connectivity index (χ0) is 18.4. The molecule has 1 fully saturated rings. The number of hydrogen-bond acceptors (Lipinski definition) is 3. The smallest absolute Gasteiger partial charge is 0.246 e. The van der Waals surface area contributed by atoms with Gasteiger partial charge in [-0.1, -0.05) is 42.5 Å². The van der Waals surface area contributed by atoms with Crippen LogP contribution >= 0.6 is 0 Å². The molecule has 1 heterocycles. The number of hydrogen-bond donors (Lipinski definition) is 0. The highest BCUT2D eigenvalue weighted by molar-refractivity contribution is 5.91. The van der Waals surface area contributed by atoms with E-state index in [1.165, 1.54) is 0 Å². The van der Waals surface area contributed by atoms with Crippen LogP contribution in [0.4, 0.5) is 0 Å². The molecule has 1 aliphatic rings. The third-order valence-electron chi connectivity index (χ3n) is 4.28. The van der Waals surface area contributed by atoms with Crippen LogP contribution in [0.25, 0.3) is 6.08 Å². The number of morpholine rings is 1. The SMILES string of the molecule is CC1CN(C(=O)/C=C/c2ccc(OCc3ccccc3)cc2)CC(C)O1. The highest BCUT2D eigenvalue weighted by atomic mass is 16.5. The van der Waals surface area contributed by atoms with Crippen LogP contribution in [0.1, 0.15) is 25.0 Å².